The van der Waals surface area contributed by atoms with Crippen LogP contribution in [0.2, 0.25) is 0 Å². The zero-order valence-electron chi connectivity index (χ0n) is 8.02. The first-order valence-electron chi connectivity index (χ1n) is 4.45. The monoisotopic (exact) mass is 168 g/mol. The minimum absolute atomic E-state index is 0.165. The van der Waals surface area contributed by atoms with E-state index in [1.54, 1.807) is 7.11 Å². The molecule has 1 aliphatic carbocycles. The van der Waals surface area contributed by atoms with Crippen LogP contribution in [0.4, 0.5) is 0 Å². The number of unbranched alkanes of at least 4 members (excludes halogenated alkanes) is 1. The molecule has 0 amide bonds. The average Bonchev–Trinajstić information content (AvgIpc) is 2.11. The van der Waals surface area contributed by atoms with Crippen LogP contribution in [-0.2, 0) is 9.53 Å². The maximum Gasteiger partial charge on any atom is 0.194 e. The first-order chi connectivity index (χ1) is 5.64. The van der Waals surface area contributed by atoms with Gasteiger partial charge in [-0.2, -0.15) is 0 Å². The minimum Gasteiger partial charge on any atom is -0.366 e. The fourth-order valence-corrected chi connectivity index (χ4v) is 1.41. The van der Waals surface area contributed by atoms with Gasteiger partial charge in [0, 0.05) is 7.11 Å². The summed E-state index contributed by atoms with van der Waals surface area (Å²) < 4.78 is 5.07. The fraction of sp³-hybridized carbons (Fsp3) is 0.700. The van der Waals surface area contributed by atoms with Gasteiger partial charge in [-0.3, -0.25) is 4.79 Å². The van der Waals surface area contributed by atoms with E-state index in [0.717, 1.165) is 24.8 Å². The molecule has 68 valence electrons. The molecule has 12 heavy (non-hydrogen) atoms. The number of rotatable bonds is 4. The van der Waals surface area contributed by atoms with Crippen LogP contribution in [0.1, 0.15) is 33.1 Å². The van der Waals surface area contributed by atoms with E-state index < -0.39 is 5.60 Å². The Morgan fingerprint density at radius 3 is 2.67 bits per heavy atom. The SMILES string of the molecule is CCCCC1=CC(C)(OC)C1=O. The number of hydrogen-bond donors (Lipinski definition) is 0. The standard InChI is InChI=1S/C10H16O2/c1-4-5-6-8-7-10(2,12-3)9(8)11/h7H,4-6H2,1-3H3. The summed E-state index contributed by atoms with van der Waals surface area (Å²) in [6.07, 6.45) is 5.07. The molecule has 0 fully saturated rings. The minimum atomic E-state index is -0.608. The molecule has 1 aliphatic rings. The molecule has 0 saturated heterocycles. The van der Waals surface area contributed by atoms with E-state index >= 15 is 0 Å². The van der Waals surface area contributed by atoms with Crippen molar-refractivity contribution in [3.8, 4) is 0 Å². The van der Waals surface area contributed by atoms with Gasteiger partial charge in [-0.25, -0.2) is 0 Å². The van der Waals surface area contributed by atoms with Crippen molar-refractivity contribution in [1.29, 1.82) is 0 Å². The van der Waals surface area contributed by atoms with Gasteiger partial charge in [0.15, 0.2) is 5.78 Å². The van der Waals surface area contributed by atoms with E-state index in [2.05, 4.69) is 6.92 Å². The topological polar surface area (TPSA) is 26.3 Å². The summed E-state index contributed by atoms with van der Waals surface area (Å²) in [6.45, 7) is 3.93. The van der Waals surface area contributed by atoms with Crippen LogP contribution in [0.3, 0.4) is 0 Å². The Balaban J connectivity index is 2.52. The molecule has 2 heteroatoms. The molecule has 0 heterocycles. The van der Waals surface area contributed by atoms with Crippen molar-refractivity contribution in [2.24, 2.45) is 0 Å². The second-order valence-electron chi connectivity index (χ2n) is 3.41. The highest BCUT2D eigenvalue weighted by Gasteiger charge is 2.41. The Hall–Kier alpha value is -0.630. The van der Waals surface area contributed by atoms with Gasteiger partial charge in [0.2, 0.25) is 0 Å². The van der Waals surface area contributed by atoms with E-state index in [0.29, 0.717) is 0 Å². The smallest absolute Gasteiger partial charge is 0.194 e. The Kier molecular flexibility index (Phi) is 2.68. The zero-order chi connectivity index (χ0) is 9.19. The number of carbonyl (C=O) groups is 1. The number of hydrogen-bond acceptors (Lipinski definition) is 2. The van der Waals surface area contributed by atoms with Crippen molar-refractivity contribution in [3.05, 3.63) is 11.6 Å². The van der Waals surface area contributed by atoms with Gasteiger partial charge in [-0.15, -0.1) is 0 Å². The Morgan fingerprint density at radius 2 is 2.25 bits per heavy atom. The predicted octanol–water partition coefficient (Wildman–Crippen LogP) is 2.09. The lowest BCUT2D eigenvalue weighted by Crippen LogP contribution is -2.44. The van der Waals surface area contributed by atoms with Gasteiger partial charge in [0.05, 0.1) is 0 Å². The van der Waals surface area contributed by atoms with Gasteiger partial charge >= 0.3 is 0 Å². The lowest BCUT2D eigenvalue weighted by atomic mass is 9.79. The van der Waals surface area contributed by atoms with Crippen LogP contribution in [0.25, 0.3) is 0 Å². The molecule has 0 aromatic heterocycles. The van der Waals surface area contributed by atoms with Crippen molar-refractivity contribution >= 4 is 5.78 Å². The molecule has 1 atom stereocenters. The summed E-state index contributed by atoms with van der Waals surface area (Å²) in [7, 11) is 1.57. The summed E-state index contributed by atoms with van der Waals surface area (Å²) in [5.41, 5.74) is 0.337. The van der Waals surface area contributed by atoms with Crippen LogP contribution >= 0.6 is 0 Å². The summed E-state index contributed by atoms with van der Waals surface area (Å²) in [5, 5.41) is 0. The second-order valence-corrected chi connectivity index (χ2v) is 3.41. The van der Waals surface area contributed by atoms with Crippen molar-refractivity contribution in [2.45, 2.75) is 38.7 Å². The molecule has 0 spiro atoms. The maximum absolute atomic E-state index is 11.4. The van der Waals surface area contributed by atoms with E-state index in [1.165, 1.54) is 0 Å². The number of carbonyl (C=O) groups excluding carboxylic acids is 1. The van der Waals surface area contributed by atoms with Crippen molar-refractivity contribution in [3.63, 3.8) is 0 Å². The molecular weight excluding hydrogens is 152 g/mol. The predicted molar refractivity (Wildman–Crippen MR) is 48.0 cm³/mol. The van der Waals surface area contributed by atoms with E-state index in [1.807, 2.05) is 13.0 Å². The summed E-state index contributed by atoms with van der Waals surface area (Å²) in [5.74, 6) is 0.165. The Labute approximate surface area is 73.6 Å². The molecule has 0 aromatic carbocycles. The highest BCUT2D eigenvalue weighted by atomic mass is 16.5. The van der Waals surface area contributed by atoms with Gasteiger partial charge in [-0.1, -0.05) is 13.3 Å². The molecule has 0 aromatic rings. The quantitative estimate of drug-likeness (QED) is 0.642. The first kappa shape index (κ1) is 9.46. The third kappa shape index (κ3) is 1.44. The third-order valence-electron chi connectivity index (χ3n) is 2.42. The van der Waals surface area contributed by atoms with Crippen LogP contribution in [0, 0.1) is 0 Å². The molecule has 2 nitrogen and oxygen atoms in total. The zero-order valence-corrected chi connectivity index (χ0v) is 8.02. The normalized spacial score (nSPS) is 28.2. The van der Waals surface area contributed by atoms with E-state index in [9.17, 15) is 4.79 Å². The van der Waals surface area contributed by atoms with Crippen LogP contribution in [0.15, 0.2) is 11.6 Å². The molecule has 0 radical (unpaired) electrons. The average molecular weight is 168 g/mol. The first-order valence-corrected chi connectivity index (χ1v) is 4.45. The van der Waals surface area contributed by atoms with E-state index in [-0.39, 0.29) is 5.78 Å². The Bertz CT molecular complexity index is 218. The molecule has 0 aliphatic heterocycles. The number of Topliss-reactive ketones (excluding diaryl/α,β-unsaturated/α-hetero) is 1. The number of methoxy groups -OCH3 is 1. The largest absolute Gasteiger partial charge is 0.366 e. The molecule has 1 unspecified atom stereocenters. The Morgan fingerprint density at radius 1 is 1.58 bits per heavy atom. The van der Waals surface area contributed by atoms with Crippen LogP contribution < -0.4 is 0 Å². The van der Waals surface area contributed by atoms with E-state index in [4.69, 9.17) is 4.74 Å². The van der Waals surface area contributed by atoms with Gasteiger partial charge < -0.3 is 4.74 Å². The molecule has 0 N–H and O–H groups in total. The van der Waals surface area contributed by atoms with Gasteiger partial charge in [-0.05, 0) is 31.4 Å². The molecular formula is C10H16O2. The summed E-state index contributed by atoms with van der Waals surface area (Å²) in [6, 6.07) is 0. The summed E-state index contributed by atoms with van der Waals surface area (Å²) in [4.78, 5) is 11.4. The summed E-state index contributed by atoms with van der Waals surface area (Å²) >= 11 is 0. The van der Waals surface area contributed by atoms with Crippen molar-refractivity contribution in [1.82, 2.24) is 0 Å². The molecule has 0 saturated carbocycles. The highest BCUT2D eigenvalue weighted by molar-refractivity contribution is 6.09. The molecule has 1 rings (SSSR count). The van der Waals surface area contributed by atoms with Crippen LogP contribution in [0.5, 0.6) is 0 Å². The van der Waals surface area contributed by atoms with Gasteiger partial charge in [0.25, 0.3) is 0 Å². The molecule has 0 bridgehead atoms. The van der Waals surface area contributed by atoms with Crippen LogP contribution in [-0.4, -0.2) is 18.5 Å². The highest BCUT2D eigenvalue weighted by Crippen LogP contribution is 2.31. The van der Waals surface area contributed by atoms with Crippen molar-refractivity contribution < 1.29 is 9.53 Å². The number of ether oxygens (including phenoxy) is 1. The van der Waals surface area contributed by atoms with Crippen molar-refractivity contribution in [2.75, 3.05) is 7.11 Å². The lowest BCUT2D eigenvalue weighted by Gasteiger charge is -2.33. The lowest BCUT2D eigenvalue weighted by molar-refractivity contribution is -0.134. The maximum atomic E-state index is 11.4. The fourth-order valence-electron chi connectivity index (χ4n) is 1.41. The second kappa shape index (κ2) is 3.40. The van der Waals surface area contributed by atoms with Gasteiger partial charge in [0.1, 0.15) is 5.60 Å². The third-order valence-corrected chi connectivity index (χ3v) is 2.42. The number of ketones is 1.